The normalized spacial score (nSPS) is 27.0. The fourth-order valence-corrected chi connectivity index (χ4v) is 3.76. The molecule has 0 spiro atoms. The number of rotatable bonds is 4. The van der Waals surface area contributed by atoms with Crippen LogP contribution >= 0.6 is 0 Å². The summed E-state index contributed by atoms with van der Waals surface area (Å²) in [6, 6.07) is 8.09. The van der Waals surface area contributed by atoms with E-state index in [-0.39, 0.29) is 28.8 Å². The molecule has 0 amide bonds. The molecule has 3 aromatic rings. The number of aliphatic hydroxyl groups is 4. The minimum absolute atomic E-state index is 0.0494. The molecule has 1 aromatic heterocycles. The topological polar surface area (TPSA) is 150 Å². The van der Waals surface area contributed by atoms with E-state index >= 15 is 0 Å². The number of aromatic hydroxyl groups is 1. The van der Waals surface area contributed by atoms with Crippen LogP contribution in [0, 0.1) is 6.92 Å². The summed E-state index contributed by atoms with van der Waals surface area (Å²) in [6.07, 6.45) is -6.99. The van der Waals surface area contributed by atoms with Gasteiger partial charge >= 0.3 is 0 Å². The van der Waals surface area contributed by atoms with Crippen molar-refractivity contribution >= 4 is 21.7 Å². The molecule has 0 bridgehead atoms. The van der Waals surface area contributed by atoms with Crippen molar-refractivity contribution < 1.29 is 39.4 Å². The standard InChI is InChI=1S/C21H22O9/c1-9-5-12(23)16-13(29-9)6-10-3-2-4-11(15(10)18(16)25)8-28-21-20(27)19(26)17(24)14(7-22)30-21/h2-6,14,17,19-22,24-27H,7-8H2,1H3/t14-,17-,19-,20-,21-/m1/s1. The second-order valence-electron chi connectivity index (χ2n) is 7.34. The van der Waals surface area contributed by atoms with Crippen LogP contribution < -0.4 is 5.43 Å². The molecule has 9 nitrogen and oxygen atoms in total. The van der Waals surface area contributed by atoms with E-state index in [9.17, 15) is 30.3 Å². The second-order valence-corrected chi connectivity index (χ2v) is 7.34. The van der Waals surface area contributed by atoms with Crippen LogP contribution in [0.15, 0.2) is 39.5 Å². The third-order valence-electron chi connectivity index (χ3n) is 5.29. The van der Waals surface area contributed by atoms with Gasteiger partial charge < -0.3 is 39.4 Å². The monoisotopic (exact) mass is 418 g/mol. The lowest BCUT2D eigenvalue weighted by molar-refractivity contribution is -0.304. The van der Waals surface area contributed by atoms with E-state index in [4.69, 9.17) is 13.9 Å². The van der Waals surface area contributed by atoms with Crippen molar-refractivity contribution in [3.8, 4) is 5.75 Å². The average Bonchev–Trinajstić information content (AvgIpc) is 2.71. The van der Waals surface area contributed by atoms with Crippen LogP contribution in [0.1, 0.15) is 11.3 Å². The van der Waals surface area contributed by atoms with Gasteiger partial charge in [-0.1, -0.05) is 18.2 Å². The Morgan fingerprint density at radius 3 is 2.57 bits per heavy atom. The highest BCUT2D eigenvalue weighted by Crippen LogP contribution is 2.35. The highest BCUT2D eigenvalue weighted by molar-refractivity contribution is 6.04. The molecule has 1 aliphatic rings. The average molecular weight is 418 g/mol. The zero-order valence-corrected chi connectivity index (χ0v) is 16.1. The van der Waals surface area contributed by atoms with Gasteiger partial charge in [0.15, 0.2) is 11.7 Å². The summed E-state index contributed by atoms with van der Waals surface area (Å²) in [7, 11) is 0. The van der Waals surface area contributed by atoms with E-state index in [1.165, 1.54) is 6.07 Å². The van der Waals surface area contributed by atoms with E-state index in [2.05, 4.69) is 0 Å². The zero-order valence-electron chi connectivity index (χ0n) is 16.1. The Morgan fingerprint density at radius 1 is 1.07 bits per heavy atom. The van der Waals surface area contributed by atoms with Gasteiger partial charge in [0.05, 0.1) is 13.2 Å². The van der Waals surface area contributed by atoms with Gasteiger partial charge in [-0.2, -0.15) is 0 Å². The van der Waals surface area contributed by atoms with E-state index in [1.54, 1.807) is 31.2 Å². The number of benzene rings is 2. The third kappa shape index (κ3) is 3.45. The Balaban J connectivity index is 1.70. The summed E-state index contributed by atoms with van der Waals surface area (Å²) in [5.74, 6) is 0.178. The molecule has 0 unspecified atom stereocenters. The molecular weight excluding hydrogens is 396 g/mol. The van der Waals surface area contributed by atoms with Gasteiger partial charge in [-0.05, 0) is 23.9 Å². The van der Waals surface area contributed by atoms with Gasteiger partial charge in [-0.25, -0.2) is 0 Å². The zero-order chi connectivity index (χ0) is 21.6. The minimum Gasteiger partial charge on any atom is -0.506 e. The molecule has 9 heteroatoms. The Hall–Kier alpha value is -2.53. The molecular formula is C21H22O9. The molecule has 5 atom stereocenters. The highest BCUT2D eigenvalue weighted by Gasteiger charge is 2.44. The fraction of sp³-hybridized carbons (Fsp3) is 0.381. The summed E-state index contributed by atoms with van der Waals surface area (Å²) >= 11 is 0. The summed E-state index contributed by atoms with van der Waals surface area (Å²) in [5.41, 5.74) is 0.388. The fourth-order valence-electron chi connectivity index (χ4n) is 3.76. The van der Waals surface area contributed by atoms with Crippen LogP contribution in [0.4, 0.5) is 0 Å². The molecule has 4 rings (SSSR count). The third-order valence-corrected chi connectivity index (χ3v) is 5.29. The van der Waals surface area contributed by atoms with Crippen molar-refractivity contribution in [1.82, 2.24) is 0 Å². The molecule has 2 aromatic carbocycles. The summed E-state index contributed by atoms with van der Waals surface area (Å²) in [5, 5.41) is 51.0. The first-order valence-corrected chi connectivity index (χ1v) is 9.42. The van der Waals surface area contributed by atoms with E-state index in [0.29, 0.717) is 22.1 Å². The number of ether oxygens (including phenoxy) is 2. The van der Waals surface area contributed by atoms with Gasteiger partial charge in [-0.3, -0.25) is 4.79 Å². The number of phenolic OH excluding ortho intramolecular Hbond substituents is 1. The minimum atomic E-state index is -1.56. The Kier molecular flexibility index (Phi) is 5.49. The van der Waals surface area contributed by atoms with Crippen molar-refractivity contribution in [1.29, 1.82) is 0 Å². The number of fused-ring (bicyclic) bond motifs is 2. The van der Waals surface area contributed by atoms with Crippen molar-refractivity contribution in [2.75, 3.05) is 6.61 Å². The highest BCUT2D eigenvalue weighted by atomic mass is 16.7. The van der Waals surface area contributed by atoms with Gasteiger partial charge in [0.25, 0.3) is 0 Å². The van der Waals surface area contributed by atoms with Crippen molar-refractivity contribution in [2.24, 2.45) is 0 Å². The first kappa shape index (κ1) is 20.7. The van der Waals surface area contributed by atoms with Gasteiger partial charge in [0, 0.05) is 11.5 Å². The molecule has 1 saturated heterocycles. The second kappa shape index (κ2) is 7.95. The van der Waals surface area contributed by atoms with E-state index in [0.717, 1.165) is 0 Å². The number of hydrogen-bond acceptors (Lipinski definition) is 9. The lowest BCUT2D eigenvalue weighted by atomic mass is 9.99. The number of aliphatic hydroxyl groups excluding tert-OH is 4. The largest absolute Gasteiger partial charge is 0.506 e. The maximum Gasteiger partial charge on any atom is 0.196 e. The van der Waals surface area contributed by atoms with E-state index in [1.807, 2.05) is 0 Å². The predicted molar refractivity (Wildman–Crippen MR) is 105 cm³/mol. The van der Waals surface area contributed by atoms with Crippen LogP contribution in [-0.2, 0) is 16.1 Å². The van der Waals surface area contributed by atoms with Crippen LogP contribution in [-0.4, -0.2) is 62.8 Å². The molecule has 0 radical (unpaired) electrons. The van der Waals surface area contributed by atoms with Gasteiger partial charge in [0.2, 0.25) is 0 Å². The Morgan fingerprint density at radius 2 is 1.83 bits per heavy atom. The van der Waals surface area contributed by atoms with Gasteiger partial charge in [0.1, 0.15) is 46.9 Å². The maximum absolute atomic E-state index is 12.4. The van der Waals surface area contributed by atoms with Crippen molar-refractivity contribution in [3.05, 3.63) is 51.9 Å². The van der Waals surface area contributed by atoms with Crippen molar-refractivity contribution in [3.63, 3.8) is 0 Å². The Bertz CT molecular complexity index is 1140. The first-order chi connectivity index (χ1) is 14.3. The molecule has 30 heavy (non-hydrogen) atoms. The van der Waals surface area contributed by atoms with Crippen molar-refractivity contribution in [2.45, 2.75) is 44.2 Å². The lowest BCUT2D eigenvalue weighted by Gasteiger charge is -2.39. The summed E-state index contributed by atoms with van der Waals surface area (Å²) in [6.45, 7) is 0.935. The molecule has 1 fully saturated rings. The number of phenols is 1. The quantitative estimate of drug-likeness (QED) is 0.376. The van der Waals surface area contributed by atoms with Crippen LogP contribution in [0.5, 0.6) is 5.75 Å². The van der Waals surface area contributed by atoms with Gasteiger partial charge in [-0.15, -0.1) is 0 Å². The molecule has 160 valence electrons. The smallest absolute Gasteiger partial charge is 0.196 e. The lowest BCUT2D eigenvalue weighted by Crippen LogP contribution is -2.59. The van der Waals surface area contributed by atoms with Crippen LogP contribution in [0.2, 0.25) is 0 Å². The summed E-state index contributed by atoms with van der Waals surface area (Å²) < 4.78 is 16.5. The molecule has 2 heterocycles. The first-order valence-electron chi connectivity index (χ1n) is 9.42. The number of aryl methyl sites for hydroxylation is 1. The van der Waals surface area contributed by atoms with Crippen LogP contribution in [0.3, 0.4) is 0 Å². The number of hydrogen-bond donors (Lipinski definition) is 5. The molecule has 5 N–H and O–H groups in total. The Labute approximate surface area is 170 Å². The molecule has 1 aliphatic heterocycles. The summed E-state index contributed by atoms with van der Waals surface area (Å²) in [4.78, 5) is 12.4. The SMILES string of the molecule is Cc1cc(=O)c2c(O)c3c(CO[C@@H]4O[C@H](CO)[C@@H](O)[C@@H](O)[C@H]4O)cccc3cc2o1. The predicted octanol–water partition coefficient (Wildman–Crippen LogP) is 0.277. The van der Waals surface area contributed by atoms with E-state index < -0.39 is 37.3 Å². The van der Waals surface area contributed by atoms with Crippen LogP contribution in [0.25, 0.3) is 21.7 Å². The molecule has 0 aliphatic carbocycles. The molecule has 0 saturated carbocycles. The maximum atomic E-state index is 12.4.